The van der Waals surface area contributed by atoms with E-state index >= 15 is 0 Å². The summed E-state index contributed by atoms with van der Waals surface area (Å²) in [5.74, 6) is 0. The van der Waals surface area contributed by atoms with E-state index in [1.165, 1.54) is 0 Å². The molecule has 6 heteroatoms. The van der Waals surface area contributed by atoms with Crippen molar-refractivity contribution >= 4 is 34.0 Å². The minimum absolute atomic E-state index is 0.488. The predicted molar refractivity (Wildman–Crippen MR) is 106 cm³/mol. The Morgan fingerprint density at radius 2 is 1.65 bits per heavy atom. The number of anilines is 1. The van der Waals surface area contributed by atoms with Gasteiger partial charge in [0.2, 0.25) is 0 Å². The Hall–Kier alpha value is -3.18. The zero-order valence-corrected chi connectivity index (χ0v) is 14.6. The van der Waals surface area contributed by atoms with E-state index in [0.29, 0.717) is 11.6 Å². The van der Waals surface area contributed by atoms with Crippen LogP contribution in [0.15, 0.2) is 84.0 Å². The molecule has 0 aliphatic carbocycles. The first-order valence-corrected chi connectivity index (χ1v) is 8.59. The van der Waals surface area contributed by atoms with Crippen molar-refractivity contribution in [1.82, 2.24) is 15.0 Å². The quantitative estimate of drug-likeness (QED) is 0.417. The maximum atomic E-state index is 6.03. The molecule has 0 amide bonds. The Morgan fingerprint density at radius 1 is 0.923 bits per heavy atom. The lowest BCUT2D eigenvalue weighted by molar-refractivity contribution is 0.700. The van der Waals surface area contributed by atoms with Crippen LogP contribution in [0.2, 0.25) is 5.02 Å². The fourth-order valence-electron chi connectivity index (χ4n) is 2.65. The van der Waals surface area contributed by atoms with Crippen molar-refractivity contribution < 1.29 is 0 Å². The van der Waals surface area contributed by atoms with Gasteiger partial charge in [-0.1, -0.05) is 59.3 Å². The number of fused-ring (bicyclic) bond motifs is 1. The molecule has 3 aromatic carbocycles. The SMILES string of the molecule is Clc1ccc(/C(Cn2nnc3ccccc32)=N\Nc2ccccc2)cc1. The molecule has 0 saturated heterocycles. The van der Waals surface area contributed by atoms with E-state index < -0.39 is 0 Å². The number of hydrogen-bond donors (Lipinski definition) is 1. The van der Waals surface area contributed by atoms with Gasteiger partial charge >= 0.3 is 0 Å². The number of nitrogens with zero attached hydrogens (tertiary/aromatic N) is 4. The average Bonchev–Trinajstić information content (AvgIpc) is 3.10. The lowest BCUT2D eigenvalue weighted by Crippen LogP contribution is -2.15. The first kappa shape index (κ1) is 16.3. The molecule has 4 rings (SSSR count). The Kier molecular flexibility index (Phi) is 4.62. The molecule has 1 heterocycles. The van der Waals surface area contributed by atoms with Gasteiger partial charge in [-0.3, -0.25) is 5.43 Å². The standard InChI is InChI=1S/C20H16ClN5/c21-16-12-10-15(11-13-16)19(23-22-17-6-2-1-3-7-17)14-26-20-9-5-4-8-18(20)24-25-26/h1-13,22H,14H2/b23-19-. The highest BCUT2D eigenvalue weighted by Crippen LogP contribution is 2.15. The molecule has 0 radical (unpaired) electrons. The second kappa shape index (κ2) is 7.37. The highest BCUT2D eigenvalue weighted by molar-refractivity contribution is 6.30. The molecular weight excluding hydrogens is 346 g/mol. The van der Waals surface area contributed by atoms with Gasteiger partial charge in [-0.2, -0.15) is 5.10 Å². The number of nitrogens with one attached hydrogen (secondary N) is 1. The highest BCUT2D eigenvalue weighted by atomic mass is 35.5. The molecule has 1 aromatic heterocycles. The summed E-state index contributed by atoms with van der Waals surface area (Å²) in [4.78, 5) is 0. The first-order valence-electron chi connectivity index (χ1n) is 8.21. The predicted octanol–water partition coefficient (Wildman–Crippen LogP) is 4.60. The lowest BCUT2D eigenvalue weighted by atomic mass is 10.1. The van der Waals surface area contributed by atoms with Gasteiger partial charge in [0.1, 0.15) is 5.52 Å². The largest absolute Gasteiger partial charge is 0.278 e. The number of hydrazone groups is 1. The third kappa shape index (κ3) is 3.58. The van der Waals surface area contributed by atoms with Gasteiger partial charge in [0.15, 0.2) is 0 Å². The van der Waals surface area contributed by atoms with Gasteiger partial charge in [-0.05, 0) is 42.0 Å². The number of benzene rings is 3. The first-order chi connectivity index (χ1) is 12.8. The van der Waals surface area contributed by atoms with Crippen LogP contribution in [0.25, 0.3) is 11.0 Å². The molecule has 0 saturated carbocycles. The van der Waals surface area contributed by atoms with E-state index in [-0.39, 0.29) is 0 Å². The third-order valence-corrected chi connectivity index (χ3v) is 4.24. The van der Waals surface area contributed by atoms with Crippen LogP contribution in [-0.4, -0.2) is 20.7 Å². The second-order valence-electron chi connectivity index (χ2n) is 5.78. The molecule has 0 fully saturated rings. The van der Waals surface area contributed by atoms with Crippen LogP contribution in [0, 0.1) is 0 Å². The molecule has 0 unspecified atom stereocenters. The number of aromatic nitrogens is 3. The zero-order valence-electron chi connectivity index (χ0n) is 13.9. The van der Waals surface area contributed by atoms with Crippen LogP contribution in [0.5, 0.6) is 0 Å². The second-order valence-corrected chi connectivity index (χ2v) is 6.22. The summed E-state index contributed by atoms with van der Waals surface area (Å²) in [7, 11) is 0. The topological polar surface area (TPSA) is 55.1 Å². The van der Waals surface area contributed by atoms with Crippen molar-refractivity contribution in [2.45, 2.75) is 6.54 Å². The molecule has 4 aromatic rings. The van der Waals surface area contributed by atoms with Gasteiger partial charge in [0.05, 0.1) is 23.5 Å². The minimum atomic E-state index is 0.488. The van der Waals surface area contributed by atoms with Crippen LogP contribution in [0.4, 0.5) is 5.69 Å². The van der Waals surface area contributed by atoms with Crippen molar-refractivity contribution in [2.75, 3.05) is 5.43 Å². The van der Waals surface area contributed by atoms with Crippen molar-refractivity contribution in [2.24, 2.45) is 5.10 Å². The van der Waals surface area contributed by atoms with Crippen LogP contribution in [0.1, 0.15) is 5.56 Å². The van der Waals surface area contributed by atoms with Crippen LogP contribution < -0.4 is 5.43 Å². The number of rotatable bonds is 5. The molecule has 0 aliphatic heterocycles. The Balaban J connectivity index is 1.69. The molecule has 0 bridgehead atoms. The monoisotopic (exact) mass is 361 g/mol. The molecule has 26 heavy (non-hydrogen) atoms. The van der Waals surface area contributed by atoms with E-state index in [9.17, 15) is 0 Å². The lowest BCUT2D eigenvalue weighted by Gasteiger charge is -2.09. The third-order valence-electron chi connectivity index (χ3n) is 3.99. The molecule has 1 N–H and O–H groups in total. The van der Waals surface area contributed by atoms with Crippen molar-refractivity contribution in [3.05, 3.63) is 89.4 Å². The summed E-state index contributed by atoms with van der Waals surface area (Å²) >= 11 is 6.03. The van der Waals surface area contributed by atoms with Gasteiger partial charge < -0.3 is 0 Å². The summed E-state index contributed by atoms with van der Waals surface area (Å²) < 4.78 is 1.84. The van der Waals surface area contributed by atoms with Gasteiger partial charge in [0, 0.05) is 5.02 Å². The molecule has 0 atom stereocenters. The highest BCUT2D eigenvalue weighted by Gasteiger charge is 2.10. The van der Waals surface area contributed by atoms with E-state index in [1.54, 1.807) is 0 Å². The van der Waals surface area contributed by atoms with Crippen molar-refractivity contribution in [1.29, 1.82) is 0 Å². The van der Waals surface area contributed by atoms with Crippen LogP contribution in [0.3, 0.4) is 0 Å². The number of halogens is 1. The Labute approximate surface area is 155 Å². The smallest absolute Gasteiger partial charge is 0.113 e. The zero-order chi connectivity index (χ0) is 17.8. The molecule has 128 valence electrons. The summed E-state index contributed by atoms with van der Waals surface area (Å²) in [5.41, 5.74) is 7.66. The van der Waals surface area contributed by atoms with E-state index in [4.69, 9.17) is 11.6 Å². The molecule has 0 aliphatic rings. The number of hydrogen-bond acceptors (Lipinski definition) is 4. The van der Waals surface area contributed by atoms with E-state index in [1.807, 2.05) is 83.5 Å². The normalized spacial score (nSPS) is 11.7. The molecule has 0 spiro atoms. The fourth-order valence-corrected chi connectivity index (χ4v) is 2.78. The molecular formula is C20H16ClN5. The summed E-state index contributed by atoms with van der Waals surface area (Å²) in [5, 5.41) is 13.8. The van der Waals surface area contributed by atoms with E-state index in [2.05, 4.69) is 20.8 Å². The Bertz CT molecular complexity index is 1040. The minimum Gasteiger partial charge on any atom is -0.278 e. The maximum Gasteiger partial charge on any atom is 0.113 e. The summed E-state index contributed by atoms with van der Waals surface area (Å²) in [6.07, 6.45) is 0. The maximum absolute atomic E-state index is 6.03. The van der Waals surface area contributed by atoms with Crippen molar-refractivity contribution in [3.63, 3.8) is 0 Å². The van der Waals surface area contributed by atoms with Gasteiger partial charge in [-0.15, -0.1) is 5.10 Å². The summed E-state index contributed by atoms with van der Waals surface area (Å²) in [6.45, 7) is 0.488. The fraction of sp³-hybridized carbons (Fsp3) is 0.0500. The molecule has 5 nitrogen and oxygen atoms in total. The van der Waals surface area contributed by atoms with Gasteiger partial charge in [-0.25, -0.2) is 4.68 Å². The average molecular weight is 362 g/mol. The van der Waals surface area contributed by atoms with Gasteiger partial charge in [0.25, 0.3) is 0 Å². The van der Waals surface area contributed by atoms with E-state index in [0.717, 1.165) is 28.0 Å². The Morgan fingerprint density at radius 3 is 2.46 bits per heavy atom. The van der Waals surface area contributed by atoms with Crippen LogP contribution in [-0.2, 0) is 6.54 Å². The van der Waals surface area contributed by atoms with Crippen molar-refractivity contribution in [3.8, 4) is 0 Å². The van der Waals surface area contributed by atoms with Crippen LogP contribution >= 0.6 is 11.6 Å². The summed E-state index contributed by atoms with van der Waals surface area (Å²) in [6, 6.07) is 25.3. The number of para-hydroxylation sites is 2.